The molecule has 0 bridgehead atoms. The third-order valence-corrected chi connectivity index (χ3v) is 5.58. The van der Waals surface area contributed by atoms with E-state index in [0.29, 0.717) is 27.8 Å². The third-order valence-electron chi connectivity index (χ3n) is 5.28. The molecule has 0 atom stereocenters. The molecule has 0 aromatic heterocycles. The highest BCUT2D eigenvalue weighted by molar-refractivity contribution is 6.32. The molecule has 3 aromatic rings. The fourth-order valence-corrected chi connectivity index (χ4v) is 4.01. The van der Waals surface area contributed by atoms with Crippen LogP contribution in [0.1, 0.15) is 24.0 Å². The van der Waals surface area contributed by atoms with Crippen LogP contribution in [-0.2, 0) is 12.8 Å². The van der Waals surface area contributed by atoms with E-state index in [0.717, 1.165) is 24.8 Å². The highest BCUT2D eigenvalue weighted by atomic mass is 35.5. The van der Waals surface area contributed by atoms with Crippen molar-refractivity contribution in [2.75, 3.05) is 19.5 Å². The molecule has 5 nitrogen and oxygen atoms in total. The number of methoxy groups -OCH3 is 2. The topological polar surface area (TPSA) is 64.6 Å². The number of benzene rings is 2. The minimum atomic E-state index is -0.540. The monoisotopic (exact) mass is 397 g/mol. The van der Waals surface area contributed by atoms with E-state index < -0.39 is 10.9 Å². The first-order chi connectivity index (χ1) is 13.5. The van der Waals surface area contributed by atoms with Crippen LogP contribution in [0.4, 0.5) is 11.4 Å². The maximum Gasteiger partial charge on any atom is 0.250 e. The van der Waals surface area contributed by atoms with Gasteiger partial charge in [0, 0.05) is 6.07 Å². The Bertz CT molecular complexity index is 1130. The first-order valence-corrected chi connectivity index (χ1v) is 9.55. The molecule has 1 N–H and O–H groups in total. The number of nitrogens with one attached hydrogen (secondary N) is 1. The van der Waals surface area contributed by atoms with Crippen molar-refractivity contribution in [3.63, 3.8) is 0 Å². The van der Waals surface area contributed by atoms with Gasteiger partial charge in [-0.1, -0.05) is 29.8 Å². The second-order valence-electron chi connectivity index (χ2n) is 6.91. The maximum absolute atomic E-state index is 12.3. The second-order valence-corrected chi connectivity index (χ2v) is 7.32. The van der Waals surface area contributed by atoms with Crippen molar-refractivity contribution in [3.8, 4) is 22.6 Å². The maximum atomic E-state index is 12.3. The van der Waals surface area contributed by atoms with Gasteiger partial charge in [0.1, 0.15) is 17.2 Å². The van der Waals surface area contributed by atoms with E-state index in [1.807, 2.05) is 12.1 Å². The average molecular weight is 398 g/mol. The van der Waals surface area contributed by atoms with Crippen molar-refractivity contribution in [2.45, 2.75) is 25.7 Å². The molecule has 0 spiro atoms. The Morgan fingerprint density at radius 3 is 2.32 bits per heavy atom. The van der Waals surface area contributed by atoms with Gasteiger partial charge in [-0.25, -0.2) is 0 Å². The smallest absolute Gasteiger partial charge is 0.250 e. The Morgan fingerprint density at radius 1 is 0.893 bits per heavy atom. The third kappa shape index (κ3) is 3.06. The van der Waals surface area contributed by atoms with Gasteiger partial charge in [0.15, 0.2) is 0 Å². The van der Waals surface area contributed by atoms with Crippen LogP contribution < -0.4 is 25.6 Å². The van der Waals surface area contributed by atoms with Crippen LogP contribution in [0.2, 0.25) is 5.02 Å². The van der Waals surface area contributed by atoms with E-state index in [-0.39, 0.29) is 5.69 Å². The summed E-state index contributed by atoms with van der Waals surface area (Å²) in [6.07, 6.45) is 4.41. The lowest BCUT2D eigenvalue weighted by atomic mass is 9.88. The van der Waals surface area contributed by atoms with E-state index in [1.165, 1.54) is 31.8 Å². The van der Waals surface area contributed by atoms with Gasteiger partial charge < -0.3 is 14.8 Å². The van der Waals surface area contributed by atoms with Crippen molar-refractivity contribution in [2.24, 2.45) is 0 Å². The van der Waals surface area contributed by atoms with Crippen LogP contribution in [0.3, 0.4) is 0 Å². The summed E-state index contributed by atoms with van der Waals surface area (Å²) in [5.74, 6) is 0.926. The second kappa shape index (κ2) is 7.32. The molecule has 0 heterocycles. The average Bonchev–Trinajstić information content (AvgIpc) is 2.73. The Morgan fingerprint density at radius 2 is 1.61 bits per heavy atom. The molecule has 0 amide bonds. The number of anilines is 2. The summed E-state index contributed by atoms with van der Waals surface area (Å²) in [7, 11) is 3.03. The molecular weight excluding hydrogens is 378 g/mol. The number of hydrogen-bond acceptors (Lipinski definition) is 5. The summed E-state index contributed by atoms with van der Waals surface area (Å²) in [6.45, 7) is 0. The normalized spacial score (nSPS) is 13.2. The van der Waals surface area contributed by atoms with Crippen LogP contribution in [0.25, 0.3) is 11.1 Å². The molecule has 0 fully saturated rings. The Balaban J connectivity index is 1.74. The zero-order chi connectivity index (χ0) is 19.8. The fourth-order valence-electron chi connectivity index (χ4n) is 3.77. The molecule has 28 heavy (non-hydrogen) atoms. The molecule has 6 heteroatoms. The van der Waals surface area contributed by atoms with Crippen LogP contribution >= 0.6 is 11.6 Å². The van der Waals surface area contributed by atoms with Crippen molar-refractivity contribution in [3.05, 3.63) is 66.9 Å². The predicted molar refractivity (Wildman–Crippen MR) is 111 cm³/mol. The highest BCUT2D eigenvalue weighted by Crippen LogP contribution is 2.38. The van der Waals surface area contributed by atoms with Crippen molar-refractivity contribution < 1.29 is 9.47 Å². The lowest BCUT2D eigenvalue weighted by molar-refractivity contribution is 0.396. The molecular formula is C22H20ClNO4. The van der Waals surface area contributed by atoms with Gasteiger partial charge in [0.2, 0.25) is 5.43 Å². The SMILES string of the molecule is COc1cc(OC)c(Nc2c(-c3ccc4c(c3)CCCC4)c(=O)c2=O)cc1Cl. The summed E-state index contributed by atoms with van der Waals surface area (Å²) < 4.78 is 10.6. The largest absolute Gasteiger partial charge is 0.495 e. The number of rotatable bonds is 5. The molecule has 0 unspecified atom stereocenters. The molecule has 3 aromatic carbocycles. The van der Waals surface area contributed by atoms with Gasteiger partial charge in [0.05, 0.1) is 30.5 Å². The number of fused-ring (bicyclic) bond motifs is 1. The van der Waals surface area contributed by atoms with Crippen LogP contribution in [0.15, 0.2) is 39.9 Å². The van der Waals surface area contributed by atoms with Gasteiger partial charge in [-0.2, -0.15) is 0 Å². The lowest BCUT2D eigenvalue weighted by Gasteiger charge is -2.19. The Kier molecular flexibility index (Phi) is 4.85. The van der Waals surface area contributed by atoms with Gasteiger partial charge in [-0.15, -0.1) is 0 Å². The molecule has 0 saturated carbocycles. The van der Waals surface area contributed by atoms with Crippen molar-refractivity contribution in [1.82, 2.24) is 0 Å². The van der Waals surface area contributed by atoms with E-state index in [9.17, 15) is 9.59 Å². The standard InChI is InChI=1S/C22H20ClNO4/c1-27-17-11-18(28-2)16(10-15(17)23)24-20-19(21(25)22(20)26)14-8-7-12-5-3-4-6-13(12)9-14/h7-11,24H,3-6H2,1-2H3. The van der Waals surface area contributed by atoms with Crippen molar-refractivity contribution in [1.29, 1.82) is 0 Å². The summed E-state index contributed by atoms with van der Waals surface area (Å²) in [5, 5.41) is 3.42. The van der Waals surface area contributed by atoms with Gasteiger partial charge in [0.25, 0.3) is 5.43 Å². The summed E-state index contributed by atoms with van der Waals surface area (Å²) >= 11 is 6.21. The highest BCUT2D eigenvalue weighted by Gasteiger charge is 2.25. The van der Waals surface area contributed by atoms with E-state index >= 15 is 0 Å². The minimum Gasteiger partial charge on any atom is -0.495 e. The molecule has 1 aliphatic rings. The summed E-state index contributed by atoms with van der Waals surface area (Å²) in [4.78, 5) is 24.6. The Labute approximate surface area is 167 Å². The molecule has 1 aliphatic carbocycles. The number of ether oxygens (including phenoxy) is 2. The van der Waals surface area contributed by atoms with Gasteiger partial charge >= 0.3 is 0 Å². The molecule has 4 rings (SSSR count). The van der Waals surface area contributed by atoms with Gasteiger partial charge in [-0.3, -0.25) is 9.59 Å². The molecule has 144 valence electrons. The minimum absolute atomic E-state index is 0.264. The van der Waals surface area contributed by atoms with E-state index in [1.54, 1.807) is 12.1 Å². The van der Waals surface area contributed by atoms with E-state index in [2.05, 4.69) is 11.4 Å². The molecule has 0 aliphatic heterocycles. The number of hydrogen-bond donors (Lipinski definition) is 1. The first-order valence-electron chi connectivity index (χ1n) is 9.17. The fraction of sp³-hybridized carbons (Fsp3) is 0.273. The van der Waals surface area contributed by atoms with Crippen LogP contribution in [0, 0.1) is 0 Å². The Hall–Kier alpha value is -2.79. The lowest BCUT2D eigenvalue weighted by Crippen LogP contribution is -2.35. The first kappa shape index (κ1) is 18.6. The van der Waals surface area contributed by atoms with Crippen LogP contribution in [-0.4, -0.2) is 14.2 Å². The predicted octanol–water partition coefficient (Wildman–Crippen LogP) is 4.24. The zero-order valence-corrected chi connectivity index (χ0v) is 16.5. The summed E-state index contributed by atoms with van der Waals surface area (Å²) in [5.41, 5.74) is 3.51. The number of aryl methyl sites for hydroxylation is 2. The van der Waals surface area contributed by atoms with Crippen LogP contribution in [0.5, 0.6) is 11.5 Å². The molecule has 0 saturated heterocycles. The van der Waals surface area contributed by atoms with E-state index in [4.69, 9.17) is 21.1 Å². The quantitative estimate of drug-likeness (QED) is 0.652. The summed E-state index contributed by atoms with van der Waals surface area (Å²) in [6, 6.07) is 9.27. The van der Waals surface area contributed by atoms with Crippen molar-refractivity contribution >= 4 is 23.0 Å². The zero-order valence-electron chi connectivity index (χ0n) is 15.7. The number of halogens is 1. The molecule has 0 radical (unpaired) electrons. The van der Waals surface area contributed by atoms with Gasteiger partial charge in [-0.05, 0) is 48.4 Å².